The lowest BCUT2D eigenvalue weighted by molar-refractivity contribution is -0.117. The number of nitrogens with zero attached hydrogens (tertiary/aromatic N) is 1. The average molecular weight is 518 g/mol. The number of hydrogen-bond acceptors (Lipinski definition) is 4. The van der Waals surface area contributed by atoms with E-state index in [1.54, 1.807) is 0 Å². The van der Waals surface area contributed by atoms with Crippen molar-refractivity contribution in [1.29, 1.82) is 0 Å². The maximum atomic E-state index is 12.7. The SMILES string of the molecule is CC1(C)c2cc(NC(=O)[C@@H]3CCCN3)ccc2-c2ccc(-c3ccc(-c4cnc([C@@H]5CCCN5)[nH]4)cc3)cc21. The van der Waals surface area contributed by atoms with Gasteiger partial charge in [-0.15, -0.1) is 0 Å². The van der Waals surface area contributed by atoms with Crippen molar-refractivity contribution in [2.45, 2.75) is 57.0 Å². The van der Waals surface area contributed by atoms with Crippen LogP contribution in [0.15, 0.2) is 66.9 Å². The Hall–Kier alpha value is -3.74. The van der Waals surface area contributed by atoms with Crippen molar-refractivity contribution in [2.75, 3.05) is 18.4 Å². The second-order valence-corrected chi connectivity index (χ2v) is 11.7. The van der Waals surface area contributed by atoms with E-state index in [-0.39, 0.29) is 17.4 Å². The zero-order chi connectivity index (χ0) is 26.6. The van der Waals surface area contributed by atoms with Gasteiger partial charge in [-0.1, -0.05) is 56.3 Å². The highest BCUT2D eigenvalue weighted by Crippen LogP contribution is 2.50. The highest BCUT2D eigenvalue weighted by atomic mass is 16.2. The minimum atomic E-state index is -0.159. The maximum Gasteiger partial charge on any atom is 0.241 e. The first kappa shape index (κ1) is 24.3. The van der Waals surface area contributed by atoms with Crippen LogP contribution >= 0.6 is 0 Å². The van der Waals surface area contributed by atoms with Crippen molar-refractivity contribution in [1.82, 2.24) is 20.6 Å². The van der Waals surface area contributed by atoms with Gasteiger partial charge in [0.15, 0.2) is 0 Å². The van der Waals surface area contributed by atoms with Crippen LogP contribution in [0.2, 0.25) is 0 Å². The minimum absolute atomic E-state index is 0.0630. The molecule has 2 saturated heterocycles. The molecule has 6 nitrogen and oxygen atoms in total. The summed E-state index contributed by atoms with van der Waals surface area (Å²) in [5, 5.41) is 9.94. The van der Waals surface area contributed by atoms with E-state index in [0.29, 0.717) is 6.04 Å². The number of amides is 1. The number of aromatic amines is 1. The number of aromatic nitrogens is 2. The van der Waals surface area contributed by atoms with Gasteiger partial charge in [0.25, 0.3) is 0 Å². The Labute approximate surface area is 229 Å². The van der Waals surface area contributed by atoms with Gasteiger partial charge < -0.3 is 20.9 Å². The summed E-state index contributed by atoms with van der Waals surface area (Å²) in [7, 11) is 0. The molecule has 0 bridgehead atoms. The van der Waals surface area contributed by atoms with Crippen LogP contribution in [0.25, 0.3) is 33.5 Å². The van der Waals surface area contributed by atoms with Gasteiger partial charge in [-0.3, -0.25) is 4.79 Å². The standard InChI is InChI=1S/C33H35N5O/c1-33(2)26-17-22(20-7-9-21(10-8-20)30-19-36-31(38-30)28-5-3-15-34-28)11-13-24(26)25-14-12-23(18-27(25)33)37-32(39)29-6-4-16-35-29/h7-14,17-19,28-29,34-35H,3-6,15-16H2,1-2H3,(H,36,38)(H,37,39)/t28-,29-/m0/s1. The molecule has 198 valence electrons. The molecule has 0 saturated carbocycles. The minimum Gasteiger partial charge on any atom is -0.341 e. The number of H-pyrrole nitrogens is 1. The molecule has 3 aromatic carbocycles. The van der Waals surface area contributed by atoms with E-state index in [0.717, 1.165) is 55.1 Å². The van der Waals surface area contributed by atoms with E-state index in [9.17, 15) is 4.79 Å². The predicted molar refractivity (Wildman–Crippen MR) is 157 cm³/mol. The highest BCUT2D eigenvalue weighted by molar-refractivity contribution is 5.96. The molecular formula is C33H35N5O. The number of anilines is 1. The summed E-state index contributed by atoms with van der Waals surface area (Å²) >= 11 is 0. The van der Waals surface area contributed by atoms with E-state index in [1.807, 2.05) is 12.3 Å². The first-order chi connectivity index (χ1) is 19.0. The van der Waals surface area contributed by atoms with Crippen LogP contribution in [0.3, 0.4) is 0 Å². The maximum absolute atomic E-state index is 12.7. The molecule has 3 heterocycles. The van der Waals surface area contributed by atoms with Crippen LogP contribution in [-0.4, -0.2) is 35.0 Å². The first-order valence-electron chi connectivity index (χ1n) is 14.2. The molecule has 1 amide bonds. The van der Waals surface area contributed by atoms with Crippen LogP contribution in [0.5, 0.6) is 0 Å². The number of imidazole rings is 1. The first-order valence-corrected chi connectivity index (χ1v) is 14.2. The van der Waals surface area contributed by atoms with Crippen molar-refractivity contribution >= 4 is 11.6 Å². The van der Waals surface area contributed by atoms with Crippen LogP contribution < -0.4 is 16.0 Å². The van der Waals surface area contributed by atoms with Crippen LogP contribution in [-0.2, 0) is 10.2 Å². The number of benzene rings is 3. The summed E-state index contributed by atoms with van der Waals surface area (Å²) in [6.07, 6.45) is 6.24. The zero-order valence-electron chi connectivity index (χ0n) is 22.6. The third kappa shape index (κ3) is 4.28. The molecule has 2 atom stereocenters. The third-order valence-electron chi connectivity index (χ3n) is 8.84. The van der Waals surface area contributed by atoms with Gasteiger partial charge in [-0.2, -0.15) is 0 Å². The number of rotatable bonds is 5. The van der Waals surface area contributed by atoms with Crippen molar-refractivity contribution in [3.63, 3.8) is 0 Å². The number of carbonyl (C=O) groups excluding carboxylic acids is 1. The molecule has 4 N–H and O–H groups in total. The van der Waals surface area contributed by atoms with E-state index < -0.39 is 0 Å². The van der Waals surface area contributed by atoms with Crippen LogP contribution in [0.4, 0.5) is 5.69 Å². The molecule has 3 aliphatic rings. The largest absolute Gasteiger partial charge is 0.341 e. The van der Waals surface area contributed by atoms with Crippen molar-refractivity contribution < 1.29 is 4.79 Å². The molecule has 2 aliphatic heterocycles. The summed E-state index contributed by atoms with van der Waals surface area (Å²) in [5.41, 5.74) is 10.4. The highest BCUT2D eigenvalue weighted by Gasteiger charge is 2.36. The molecule has 4 aromatic rings. The Morgan fingerprint density at radius 1 is 0.846 bits per heavy atom. The smallest absolute Gasteiger partial charge is 0.241 e. The monoisotopic (exact) mass is 517 g/mol. The second-order valence-electron chi connectivity index (χ2n) is 11.7. The van der Waals surface area contributed by atoms with E-state index in [1.165, 1.54) is 39.8 Å². The van der Waals surface area contributed by atoms with Crippen LogP contribution in [0.1, 0.15) is 62.5 Å². The van der Waals surface area contributed by atoms with Crippen molar-refractivity contribution in [2.24, 2.45) is 0 Å². The van der Waals surface area contributed by atoms with Crippen molar-refractivity contribution in [3.05, 3.63) is 83.8 Å². The number of nitrogens with one attached hydrogen (secondary N) is 4. The van der Waals surface area contributed by atoms with Crippen molar-refractivity contribution in [3.8, 4) is 33.5 Å². The molecule has 1 aromatic heterocycles. The summed E-state index contributed by atoms with van der Waals surface area (Å²) in [5.74, 6) is 1.10. The third-order valence-corrected chi connectivity index (χ3v) is 8.84. The van der Waals surface area contributed by atoms with Gasteiger partial charge >= 0.3 is 0 Å². The summed E-state index contributed by atoms with van der Waals surface area (Å²) in [4.78, 5) is 20.8. The molecule has 0 radical (unpaired) electrons. The fourth-order valence-electron chi connectivity index (χ4n) is 6.55. The lowest BCUT2D eigenvalue weighted by Gasteiger charge is -2.23. The van der Waals surface area contributed by atoms with Crippen LogP contribution in [0, 0.1) is 0 Å². The van der Waals surface area contributed by atoms with Gasteiger partial charge in [0, 0.05) is 11.1 Å². The fourth-order valence-corrected chi connectivity index (χ4v) is 6.55. The quantitative estimate of drug-likeness (QED) is 0.255. The molecular weight excluding hydrogens is 482 g/mol. The van der Waals surface area contributed by atoms with Gasteiger partial charge in [0.1, 0.15) is 5.82 Å². The fraction of sp³-hybridized carbons (Fsp3) is 0.333. The average Bonchev–Trinajstić information content (AvgIpc) is 3.77. The zero-order valence-corrected chi connectivity index (χ0v) is 22.6. The van der Waals surface area contributed by atoms with Gasteiger partial charge in [0.05, 0.1) is 24.0 Å². The molecule has 0 spiro atoms. The Kier molecular flexibility index (Phi) is 5.90. The molecule has 6 heteroatoms. The summed E-state index contributed by atoms with van der Waals surface area (Å²) < 4.78 is 0. The summed E-state index contributed by atoms with van der Waals surface area (Å²) in [6.45, 7) is 6.54. The van der Waals surface area contributed by atoms with Gasteiger partial charge in [-0.05, 0) is 95.9 Å². The Bertz CT molecular complexity index is 1540. The molecule has 0 unspecified atom stereocenters. The molecule has 7 rings (SSSR count). The second kappa shape index (κ2) is 9.47. The lowest BCUT2D eigenvalue weighted by Crippen LogP contribution is -2.35. The van der Waals surface area contributed by atoms with E-state index >= 15 is 0 Å². The Morgan fingerprint density at radius 2 is 1.54 bits per heavy atom. The lowest BCUT2D eigenvalue weighted by atomic mass is 9.81. The predicted octanol–water partition coefficient (Wildman–Crippen LogP) is 6.17. The number of hydrogen-bond donors (Lipinski definition) is 4. The Balaban J connectivity index is 1.13. The molecule has 39 heavy (non-hydrogen) atoms. The normalized spacial score (nSPS) is 21.1. The van der Waals surface area contributed by atoms with Gasteiger partial charge in [0.2, 0.25) is 5.91 Å². The topological polar surface area (TPSA) is 81.8 Å². The summed E-state index contributed by atoms with van der Waals surface area (Å²) in [6, 6.07) is 22.2. The number of fused-ring (bicyclic) bond motifs is 3. The Morgan fingerprint density at radius 3 is 2.28 bits per heavy atom. The van der Waals surface area contributed by atoms with E-state index in [4.69, 9.17) is 0 Å². The molecule has 1 aliphatic carbocycles. The number of carbonyl (C=O) groups is 1. The van der Waals surface area contributed by atoms with E-state index in [2.05, 4.69) is 94.4 Å². The molecule has 2 fully saturated rings. The van der Waals surface area contributed by atoms with Gasteiger partial charge in [-0.25, -0.2) is 4.98 Å².